The third-order valence-corrected chi connectivity index (χ3v) is 3.69. The third-order valence-electron chi connectivity index (χ3n) is 3.69. The molecule has 0 aliphatic carbocycles. The quantitative estimate of drug-likeness (QED) is 0.632. The maximum atomic E-state index is 12.3. The van der Waals surface area contributed by atoms with Gasteiger partial charge >= 0.3 is 11.1 Å². The predicted octanol–water partition coefficient (Wildman–Crippen LogP) is 1.93. The summed E-state index contributed by atoms with van der Waals surface area (Å²) in [5.74, 6) is 0.278. The van der Waals surface area contributed by atoms with Gasteiger partial charge in [0.05, 0.1) is 11.0 Å². The summed E-state index contributed by atoms with van der Waals surface area (Å²) in [4.78, 5) is 39.9. The molecule has 0 saturated carbocycles. The molecule has 0 aliphatic rings. The lowest BCUT2D eigenvalue weighted by molar-refractivity contribution is -0.122. The number of carbonyl (C=O) groups is 1. The van der Waals surface area contributed by atoms with Crippen LogP contribution in [0.2, 0.25) is 0 Å². The van der Waals surface area contributed by atoms with E-state index in [1.807, 2.05) is 19.1 Å². The van der Waals surface area contributed by atoms with E-state index in [2.05, 4.69) is 15.3 Å². The van der Waals surface area contributed by atoms with Gasteiger partial charge in [0, 0.05) is 5.69 Å². The van der Waals surface area contributed by atoms with E-state index in [-0.39, 0.29) is 5.91 Å². The number of nitrogens with one attached hydrogen (secondary N) is 3. The van der Waals surface area contributed by atoms with E-state index in [1.54, 1.807) is 37.3 Å². The Balaban J connectivity index is 1.74. The summed E-state index contributed by atoms with van der Waals surface area (Å²) in [5, 5.41) is 2.72. The molecule has 7 nitrogen and oxygen atoms in total. The smallest absolute Gasteiger partial charge is 0.314 e. The summed E-state index contributed by atoms with van der Waals surface area (Å²) in [5.41, 5.74) is 1.03. The van der Waals surface area contributed by atoms with Gasteiger partial charge in [-0.25, -0.2) is 0 Å². The summed E-state index contributed by atoms with van der Waals surface area (Å²) >= 11 is 0. The van der Waals surface area contributed by atoms with E-state index in [0.29, 0.717) is 22.5 Å². The van der Waals surface area contributed by atoms with Crippen molar-refractivity contribution in [2.45, 2.75) is 20.0 Å². The molecule has 0 saturated heterocycles. The van der Waals surface area contributed by atoms with E-state index in [4.69, 9.17) is 4.74 Å². The van der Waals surface area contributed by atoms with Gasteiger partial charge in [-0.1, -0.05) is 17.7 Å². The molecule has 0 spiro atoms. The maximum absolute atomic E-state index is 12.3. The van der Waals surface area contributed by atoms with Gasteiger partial charge in [0.15, 0.2) is 6.10 Å². The first-order chi connectivity index (χ1) is 11.9. The minimum Gasteiger partial charge on any atom is -0.481 e. The maximum Gasteiger partial charge on any atom is 0.314 e. The average molecular weight is 339 g/mol. The minimum absolute atomic E-state index is 0.327. The topological polar surface area (TPSA) is 104 Å². The highest BCUT2D eigenvalue weighted by atomic mass is 16.5. The molecule has 0 unspecified atom stereocenters. The number of amides is 1. The highest BCUT2D eigenvalue weighted by Gasteiger charge is 2.15. The fourth-order valence-electron chi connectivity index (χ4n) is 2.31. The lowest BCUT2D eigenvalue weighted by Gasteiger charge is -2.15. The Hall–Kier alpha value is -3.35. The van der Waals surface area contributed by atoms with Crippen LogP contribution in [0.3, 0.4) is 0 Å². The predicted molar refractivity (Wildman–Crippen MR) is 95.1 cm³/mol. The molecule has 7 heteroatoms. The number of aromatic nitrogens is 2. The molecule has 128 valence electrons. The molecule has 3 rings (SSSR count). The molecule has 0 aliphatic heterocycles. The number of aryl methyl sites for hydroxylation is 1. The molecule has 1 amide bonds. The summed E-state index contributed by atoms with van der Waals surface area (Å²) in [6.45, 7) is 3.62. The highest BCUT2D eigenvalue weighted by molar-refractivity contribution is 5.95. The number of hydrogen-bond acceptors (Lipinski definition) is 4. The molecule has 1 heterocycles. The van der Waals surface area contributed by atoms with Crippen LogP contribution in [0.1, 0.15) is 12.5 Å². The van der Waals surface area contributed by atoms with Crippen molar-refractivity contribution in [2.24, 2.45) is 0 Å². The second-order valence-electron chi connectivity index (χ2n) is 5.73. The number of anilines is 1. The number of rotatable bonds is 4. The van der Waals surface area contributed by atoms with Crippen molar-refractivity contribution in [3.8, 4) is 5.75 Å². The van der Waals surface area contributed by atoms with Crippen LogP contribution in [0.5, 0.6) is 5.75 Å². The van der Waals surface area contributed by atoms with Crippen molar-refractivity contribution >= 4 is 22.6 Å². The lowest BCUT2D eigenvalue weighted by atomic mass is 10.2. The molecular weight excluding hydrogens is 322 g/mol. The first kappa shape index (κ1) is 16.5. The summed E-state index contributed by atoms with van der Waals surface area (Å²) in [7, 11) is 0. The van der Waals surface area contributed by atoms with Gasteiger partial charge in [0.2, 0.25) is 0 Å². The zero-order valence-corrected chi connectivity index (χ0v) is 13.8. The normalized spacial score (nSPS) is 11.9. The van der Waals surface area contributed by atoms with Gasteiger partial charge in [-0.05, 0) is 44.2 Å². The second-order valence-corrected chi connectivity index (χ2v) is 5.73. The van der Waals surface area contributed by atoms with Gasteiger partial charge in [-0.15, -0.1) is 0 Å². The summed E-state index contributed by atoms with van der Waals surface area (Å²) in [6, 6.07) is 12.2. The zero-order chi connectivity index (χ0) is 18.0. The summed E-state index contributed by atoms with van der Waals surface area (Å²) in [6.07, 6.45) is -0.701. The molecule has 1 atom stereocenters. The first-order valence-corrected chi connectivity index (χ1v) is 7.73. The van der Waals surface area contributed by atoms with Crippen LogP contribution >= 0.6 is 0 Å². The Kier molecular flexibility index (Phi) is 4.38. The number of ether oxygens (including phenoxy) is 1. The first-order valence-electron chi connectivity index (χ1n) is 7.73. The molecule has 1 aromatic heterocycles. The fraction of sp³-hybridized carbons (Fsp3) is 0.167. The molecular formula is C18H17N3O4. The average Bonchev–Trinajstić information content (AvgIpc) is 2.58. The van der Waals surface area contributed by atoms with Crippen LogP contribution in [-0.2, 0) is 4.79 Å². The number of H-pyrrole nitrogens is 2. The fourth-order valence-corrected chi connectivity index (χ4v) is 2.31. The minimum atomic E-state index is -0.743. The number of benzene rings is 2. The Morgan fingerprint density at radius 3 is 2.32 bits per heavy atom. The van der Waals surface area contributed by atoms with Crippen LogP contribution in [0.25, 0.3) is 11.0 Å². The van der Waals surface area contributed by atoms with Crippen molar-refractivity contribution in [1.82, 2.24) is 9.97 Å². The van der Waals surface area contributed by atoms with Crippen LogP contribution in [0.4, 0.5) is 5.69 Å². The second kappa shape index (κ2) is 6.64. The van der Waals surface area contributed by atoms with Crippen LogP contribution in [-0.4, -0.2) is 22.0 Å². The molecule has 0 radical (unpaired) electrons. The van der Waals surface area contributed by atoms with Crippen molar-refractivity contribution in [3.63, 3.8) is 0 Å². The zero-order valence-electron chi connectivity index (χ0n) is 13.8. The van der Waals surface area contributed by atoms with E-state index in [1.165, 1.54) is 0 Å². The van der Waals surface area contributed by atoms with Crippen LogP contribution in [0.15, 0.2) is 52.1 Å². The Morgan fingerprint density at radius 1 is 1.00 bits per heavy atom. The Labute approximate surface area is 142 Å². The van der Waals surface area contributed by atoms with Crippen molar-refractivity contribution < 1.29 is 9.53 Å². The largest absolute Gasteiger partial charge is 0.481 e. The SMILES string of the molecule is Cc1ccc(O[C@H](C)C(=O)Nc2ccc3[nH]c(=O)c(=O)[nH]c3c2)cc1. The lowest BCUT2D eigenvalue weighted by Crippen LogP contribution is -2.30. The molecule has 0 bridgehead atoms. The van der Waals surface area contributed by atoms with E-state index >= 15 is 0 Å². The van der Waals surface area contributed by atoms with Crippen LogP contribution < -0.4 is 21.2 Å². The van der Waals surface area contributed by atoms with Gasteiger partial charge in [0.25, 0.3) is 5.91 Å². The number of fused-ring (bicyclic) bond motifs is 1. The molecule has 25 heavy (non-hydrogen) atoms. The van der Waals surface area contributed by atoms with Gasteiger partial charge in [-0.3, -0.25) is 14.4 Å². The van der Waals surface area contributed by atoms with Crippen molar-refractivity contribution in [1.29, 1.82) is 0 Å². The van der Waals surface area contributed by atoms with E-state index in [0.717, 1.165) is 5.56 Å². The Bertz CT molecular complexity index is 1030. The van der Waals surface area contributed by atoms with Crippen molar-refractivity contribution in [3.05, 3.63) is 68.7 Å². The number of carbonyl (C=O) groups excluding carboxylic acids is 1. The molecule has 0 fully saturated rings. The van der Waals surface area contributed by atoms with Crippen LogP contribution in [0, 0.1) is 6.92 Å². The highest BCUT2D eigenvalue weighted by Crippen LogP contribution is 2.16. The van der Waals surface area contributed by atoms with E-state index in [9.17, 15) is 14.4 Å². The standard InChI is InChI=1S/C18H17N3O4/c1-10-3-6-13(7-4-10)25-11(2)16(22)19-12-5-8-14-15(9-12)21-18(24)17(23)20-14/h3-9,11H,1-2H3,(H,19,22)(H,20,23)(H,21,24)/t11-/m1/s1. The third kappa shape index (κ3) is 3.77. The monoisotopic (exact) mass is 339 g/mol. The summed E-state index contributed by atoms with van der Waals surface area (Å²) < 4.78 is 5.61. The van der Waals surface area contributed by atoms with Gasteiger partial charge < -0.3 is 20.0 Å². The van der Waals surface area contributed by atoms with Gasteiger partial charge in [0.1, 0.15) is 5.75 Å². The molecule has 3 aromatic rings. The number of hydrogen-bond donors (Lipinski definition) is 3. The molecule has 3 N–H and O–H groups in total. The number of aromatic amines is 2. The Morgan fingerprint density at radius 2 is 1.64 bits per heavy atom. The molecule has 2 aromatic carbocycles. The van der Waals surface area contributed by atoms with Crippen molar-refractivity contribution in [2.75, 3.05) is 5.32 Å². The van der Waals surface area contributed by atoms with E-state index < -0.39 is 17.2 Å². The van der Waals surface area contributed by atoms with Gasteiger partial charge in [-0.2, -0.15) is 0 Å².